The zero-order chi connectivity index (χ0) is 21.1. The molecule has 1 N–H and O–H groups in total. The molecular weight excluding hydrogens is 404 g/mol. The van der Waals surface area contributed by atoms with E-state index in [1.165, 1.54) is 4.90 Å². The highest BCUT2D eigenvalue weighted by Crippen LogP contribution is 2.37. The smallest absolute Gasteiger partial charge is 0.335 e. The first kappa shape index (κ1) is 19.7. The summed E-state index contributed by atoms with van der Waals surface area (Å²) in [6, 6.07) is 21.0. The van der Waals surface area contributed by atoms with Crippen molar-refractivity contribution in [2.75, 3.05) is 10.2 Å². The Kier molecular flexibility index (Phi) is 5.50. The van der Waals surface area contributed by atoms with Crippen molar-refractivity contribution in [3.05, 3.63) is 89.4 Å². The van der Waals surface area contributed by atoms with Crippen LogP contribution in [-0.4, -0.2) is 23.8 Å². The maximum atomic E-state index is 13.4. The second kappa shape index (κ2) is 8.39. The quantitative estimate of drug-likeness (QED) is 0.504. The molecule has 0 saturated heterocycles. The Hall–Kier alpha value is -3.64. The van der Waals surface area contributed by atoms with Crippen LogP contribution < -0.4 is 15.0 Å². The number of nitrogens with one attached hydrogen (secondary N) is 1. The minimum absolute atomic E-state index is 0.233. The lowest BCUT2D eigenvalue weighted by atomic mass is 10.0. The molecule has 6 nitrogen and oxygen atoms in total. The summed E-state index contributed by atoms with van der Waals surface area (Å²) in [6.07, 6.45) is -0.266. The average molecular weight is 421 g/mol. The van der Waals surface area contributed by atoms with E-state index in [9.17, 15) is 14.4 Å². The van der Waals surface area contributed by atoms with Crippen molar-refractivity contribution in [2.45, 2.75) is 12.5 Å². The Balaban J connectivity index is 1.68. The number of amides is 2. The van der Waals surface area contributed by atoms with Crippen molar-refractivity contribution >= 4 is 40.8 Å². The van der Waals surface area contributed by atoms with Crippen molar-refractivity contribution in [3.63, 3.8) is 0 Å². The first-order valence-electron chi connectivity index (χ1n) is 9.28. The molecule has 30 heavy (non-hydrogen) atoms. The summed E-state index contributed by atoms with van der Waals surface area (Å²) in [5.41, 5.74) is 1.23. The molecule has 1 atom stereocenters. The van der Waals surface area contributed by atoms with Gasteiger partial charge in [-0.1, -0.05) is 54.1 Å². The number of halogens is 1. The lowest BCUT2D eigenvalue weighted by Crippen LogP contribution is -2.51. The minimum Gasteiger partial charge on any atom is -0.423 e. The molecule has 1 unspecified atom stereocenters. The molecule has 3 aromatic carbocycles. The number of anilines is 2. The number of esters is 1. The summed E-state index contributed by atoms with van der Waals surface area (Å²) in [7, 11) is 0. The van der Waals surface area contributed by atoms with Crippen LogP contribution in [0.25, 0.3) is 0 Å². The lowest BCUT2D eigenvalue weighted by Gasteiger charge is -2.35. The molecule has 0 fully saturated rings. The number of carbonyl (C=O) groups excluding carboxylic acids is 3. The van der Waals surface area contributed by atoms with E-state index in [0.717, 1.165) is 0 Å². The van der Waals surface area contributed by atoms with Gasteiger partial charge in [0, 0.05) is 5.69 Å². The van der Waals surface area contributed by atoms with Gasteiger partial charge in [0.25, 0.3) is 5.91 Å². The molecule has 1 aliphatic heterocycles. The van der Waals surface area contributed by atoms with E-state index < -0.39 is 23.8 Å². The maximum Gasteiger partial charge on any atom is 0.335 e. The van der Waals surface area contributed by atoms with Crippen molar-refractivity contribution in [1.29, 1.82) is 0 Å². The summed E-state index contributed by atoms with van der Waals surface area (Å²) < 4.78 is 5.40. The fourth-order valence-corrected chi connectivity index (χ4v) is 3.51. The molecule has 1 aliphatic rings. The number of benzene rings is 3. The second-order valence-corrected chi connectivity index (χ2v) is 7.09. The summed E-state index contributed by atoms with van der Waals surface area (Å²) in [5, 5.41) is 2.99. The van der Waals surface area contributed by atoms with Crippen LogP contribution in [0.3, 0.4) is 0 Å². The SMILES string of the molecule is O=C(CC1C(=O)Oc2ccccc2N1C(=O)c1ccccc1Cl)Nc1ccccc1. The van der Waals surface area contributed by atoms with Crippen LogP contribution in [0, 0.1) is 0 Å². The molecule has 2 amide bonds. The third-order valence-electron chi connectivity index (χ3n) is 4.68. The summed E-state index contributed by atoms with van der Waals surface area (Å²) in [5.74, 6) is -1.33. The largest absolute Gasteiger partial charge is 0.423 e. The molecular formula is C23H17ClN2O4. The maximum absolute atomic E-state index is 13.4. The zero-order valence-electron chi connectivity index (χ0n) is 15.7. The number of rotatable bonds is 4. The lowest BCUT2D eigenvalue weighted by molar-refractivity contribution is -0.138. The van der Waals surface area contributed by atoms with Crippen LogP contribution in [0.15, 0.2) is 78.9 Å². The van der Waals surface area contributed by atoms with E-state index in [2.05, 4.69) is 5.32 Å². The van der Waals surface area contributed by atoms with Gasteiger partial charge in [-0.05, 0) is 36.4 Å². The first-order valence-corrected chi connectivity index (χ1v) is 9.66. The molecule has 0 aromatic heterocycles. The standard InChI is InChI=1S/C23H17ClN2O4/c24-17-11-5-4-10-16(17)22(28)26-18-12-6-7-13-20(18)30-23(29)19(26)14-21(27)25-15-8-2-1-3-9-15/h1-13,19H,14H2,(H,25,27). The van der Waals surface area contributed by atoms with Gasteiger partial charge in [0.2, 0.25) is 5.91 Å². The fourth-order valence-electron chi connectivity index (χ4n) is 3.29. The van der Waals surface area contributed by atoms with Crippen LogP contribution in [-0.2, 0) is 9.59 Å². The van der Waals surface area contributed by atoms with Crippen LogP contribution in [0.4, 0.5) is 11.4 Å². The van der Waals surface area contributed by atoms with Gasteiger partial charge in [-0.3, -0.25) is 14.5 Å². The second-order valence-electron chi connectivity index (χ2n) is 6.68. The van der Waals surface area contributed by atoms with Crippen molar-refractivity contribution in [1.82, 2.24) is 0 Å². The highest BCUT2D eigenvalue weighted by Gasteiger charge is 2.40. The van der Waals surface area contributed by atoms with Gasteiger partial charge < -0.3 is 10.1 Å². The van der Waals surface area contributed by atoms with E-state index in [0.29, 0.717) is 11.4 Å². The number of hydrogen-bond acceptors (Lipinski definition) is 4. The molecule has 0 spiro atoms. The van der Waals surface area contributed by atoms with E-state index in [1.54, 1.807) is 72.8 Å². The van der Waals surface area contributed by atoms with E-state index >= 15 is 0 Å². The zero-order valence-corrected chi connectivity index (χ0v) is 16.5. The van der Waals surface area contributed by atoms with Crippen molar-refractivity contribution in [2.24, 2.45) is 0 Å². The third-order valence-corrected chi connectivity index (χ3v) is 5.01. The summed E-state index contributed by atoms with van der Waals surface area (Å²) in [4.78, 5) is 40.0. The van der Waals surface area contributed by atoms with Crippen LogP contribution >= 0.6 is 11.6 Å². The van der Waals surface area contributed by atoms with Gasteiger partial charge in [-0.25, -0.2) is 4.79 Å². The van der Waals surface area contributed by atoms with Crippen molar-refractivity contribution < 1.29 is 19.1 Å². The number of hydrogen-bond donors (Lipinski definition) is 1. The molecule has 0 saturated carbocycles. The Morgan fingerprint density at radius 3 is 2.37 bits per heavy atom. The van der Waals surface area contributed by atoms with Gasteiger partial charge in [-0.2, -0.15) is 0 Å². The number of fused-ring (bicyclic) bond motifs is 1. The first-order chi connectivity index (χ1) is 14.5. The predicted octanol–water partition coefficient (Wildman–Crippen LogP) is 4.30. The Morgan fingerprint density at radius 1 is 0.933 bits per heavy atom. The van der Waals surface area contributed by atoms with E-state index in [-0.39, 0.29) is 22.8 Å². The van der Waals surface area contributed by atoms with Gasteiger partial charge in [0.1, 0.15) is 6.04 Å². The fraction of sp³-hybridized carbons (Fsp3) is 0.0870. The summed E-state index contributed by atoms with van der Waals surface area (Å²) >= 11 is 6.22. The molecule has 1 heterocycles. The van der Waals surface area contributed by atoms with Gasteiger partial charge in [-0.15, -0.1) is 0 Å². The van der Waals surface area contributed by atoms with E-state index in [1.807, 2.05) is 6.07 Å². The molecule has 0 aliphatic carbocycles. The molecule has 3 aromatic rings. The summed E-state index contributed by atoms with van der Waals surface area (Å²) in [6.45, 7) is 0. The molecule has 7 heteroatoms. The van der Waals surface area contributed by atoms with Gasteiger partial charge in [0.15, 0.2) is 5.75 Å². The molecule has 150 valence electrons. The van der Waals surface area contributed by atoms with E-state index in [4.69, 9.17) is 16.3 Å². The average Bonchev–Trinajstić information content (AvgIpc) is 2.75. The van der Waals surface area contributed by atoms with Crippen LogP contribution in [0.5, 0.6) is 5.75 Å². The van der Waals surface area contributed by atoms with Gasteiger partial charge >= 0.3 is 5.97 Å². The topological polar surface area (TPSA) is 75.7 Å². The molecule has 4 rings (SSSR count). The number of para-hydroxylation sites is 3. The number of carbonyl (C=O) groups is 3. The Morgan fingerprint density at radius 2 is 1.60 bits per heavy atom. The Labute approximate surface area is 178 Å². The molecule has 0 radical (unpaired) electrons. The van der Waals surface area contributed by atoms with Gasteiger partial charge in [0.05, 0.1) is 22.7 Å². The molecule has 0 bridgehead atoms. The number of nitrogens with zero attached hydrogens (tertiary/aromatic N) is 1. The van der Waals surface area contributed by atoms with Crippen LogP contribution in [0.2, 0.25) is 5.02 Å². The predicted molar refractivity (Wildman–Crippen MR) is 114 cm³/mol. The Bertz CT molecular complexity index is 1120. The third kappa shape index (κ3) is 3.90. The van der Waals surface area contributed by atoms with Crippen molar-refractivity contribution in [3.8, 4) is 5.75 Å². The minimum atomic E-state index is -1.13. The highest BCUT2D eigenvalue weighted by molar-refractivity contribution is 6.34. The van der Waals surface area contributed by atoms with Crippen LogP contribution in [0.1, 0.15) is 16.8 Å². The highest BCUT2D eigenvalue weighted by atomic mass is 35.5. The monoisotopic (exact) mass is 420 g/mol. The normalized spacial score (nSPS) is 15.2. The number of ether oxygens (including phenoxy) is 1.